The van der Waals surface area contributed by atoms with Crippen molar-refractivity contribution in [2.75, 3.05) is 11.9 Å². The summed E-state index contributed by atoms with van der Waals surface area (Å²) in [4.78, 5) is 0. The summed E-state index contributed by atoms with van der Waals surface area (Å²) in [5.74, 6) is -0.354. The molecule has 0 aliphatic rings. The van der Waals surface area contributed by atoms with Crippen LogP contribution in [-0.4, -0.2) is 6.54 Å². The zero-order valence-electron chi connectivity index (χ0n) is 10.0. The molecule has 2 nitrogen and oxygen atoms in total. The van der Waals surface area contributed by atoms with Crippen LogP contribution < -0.4 is 11.1 Å². The number of hydrogen-bond donors (Lipinski definition) is 2. The van der Waals surface area contributed by atoms with Crippen molar-refractivity contribution in [1.82, 2.24) is 0 Å². The van der Waals surface area contributed by atoms with Crippen molar-refractivity contribution in [3.63, 3.8) is 0 Å². The molecule has 3 N–H and O–H groups in total. The molecule has 5 heteroatoms. The maximum absolute atomic E-state index is 13.9. The third-order valence-electron chi connectivity index (χ3n) is 2.77. The fraction of sp³-hybridized carbons (Fsp3) is 0.143. The van der Waals surface area contributed by atoms with E-state index in [9.17, 15) is 4.39 Å². The van der Waals surface area contributed by atoms with Crippen molar-refractivity contribution in [3.05, 3.63) is 63.3 Å². The molecule has 1 atom stereocenters. The number of nitrogens with two attached hydrogens (primary N) is 1. The molecule has 2 rings (SSSR count). The Morgan fingerprint density at radius 3 is 2.47 bits per heavy atom. The Morgan fingerprint density at radius 1 is 1.21 bits per heavy atom. The molecule has 0 amide bonds. The van der Waals surface area contributed by atoms with Crippen molar-refractivity contribution in [2.45, 2.75) is 6.04 Å². The minimum atomic E-state index is -0.366. The zero-order chi connectivity index (χ0) is 13.8. The van der Waals surface area contributed by atoms with Crippen molar-refractivity contribution in [3.8, 4) is 0 Å². The Balaban J connectivity index is 2.27. The molecule has 0 aliphatic heterocycles. The molecule has 0 spiro atoms. The van der Waals surface area contributed by atoms with Crippen molar-refractivity contribution in [2.24, 2.45) is 5.73 Å². The summed E-state index contributed by atoms with van der Waals surface area (Å²) in [6.45, 7) is 0.247. The van der Waals surface area contributed by atoms with Gasteiger partial charge in [0, 0.05) is 27.3 Å². The highest BCUT2D eigenvalue weighted by Gasteiger charge is 2.17. The van der Waals surface area contributed by atoms with Crippen LogP contribution in [0.4, 0.5) is 10.1 Å². The quantitative estimate of drug-likeness (QED) is 0.866. The van der Waals surface area contributed by atoms with Gasteiger partial charge < -0.3 is 11.1 Å². The maximum Gasteiger partial charge on any atom is 0.130 e. The molecule has 0 bridgehead atoms. The molecular formula is C14H13BrClFN2. The van der Waals surface area contributed by atoms with E-state index in [1.54, 1.807) is 12.1 Å². The SMILES string of the molecule is NCC(Nc1ccc(Br)cc1)c1c(F)cccc1Cl. The van der Waals surface area contributed by atoms with E-state index in [2.05, 4.69) is 21.2 Å². The van der Waals surface area contributed by atoms with E-state index in [1.807, 2.05) is 24.3 Å². The lowest BCUT2D eigenvalue weighted by atomic mass is 10.1. The van der Waals surface area contributed by atoms with E-state index in [-0.39, 0.29) is 18.4 Å². The van der Waals surface area contributed by atoms with Gasteiger partial charge in [-0.3, -0.25) is 0 Å². The lowest BCUT2D eigenvalue weighted by molar-refractivity contribution is 0.593. The summed E-state index contributed by atoms with van der Waals surface area (Å²) >= 11 is 9.41. The van der Waals surface area contributed by atoms with Gasteiger partial charge in [-0.25, -0.2) is 4.39 Å². The first-order chi connectivity index (χ1) is 9.11. The van der Waals surface area contributed by atoms with E-state index in [1.165, 1.54) is 6.07 Å². The number of halogens is 3. The highest BCUT2D eigenvalue weighted by atomic mass is 79.9. The molecule has 2 aromatic carbocycles. The van der Waals surface area contributed by atoms with E-state index < -0.39 is 0 Å². The largest absolute Gasteiger partial charge is 0.377 e. The molecular weight excluding hydrogens is 331 g/mol. The van der Waals surface area contributed by atoms with Crippen LogP contribution >= 0.6 is 27.5 Å². The molecule has 19 heavy (non-hydrogen) atoms. The second-order valence-corrected chi connectivity index (χ2v) is 5.40. The van der Waals surface area contributed by atoms with Gasteiger partial charge >= 0.3 is 0 Å². The lowest BCUT2D eigenvalue weighted by Crippen LogP contribution is -2.22. The normalized spacial score (nSPS) is 12.2. The average Bonchev–Trinajstić information content (AvgIpc) is 2.39. The second-order valence-electron chi connectivity index (χ2n) is 4.07. The molecule has 0 heterocycles. The third-order valence-corrected chi connectivity index (χ3v) is 3.63. The fourth-order valence-electron chi connectivity index (χ4n) is 1.84. The minimum Gasteiger partial charge on any atom is -0.377 e. The Morgan fingerprint density at radius 2 is 1.89 bits per heavy atom. The fourth-order valence-corrected chi connectivity index (χ4v) is 2.40. The molecule has 0 fully saturated rings. The van der Waals surface area contributed by atoms with E-state index in [0.29, 0.717) is 10.6 Å². The summed E-state index contributed by atoms with van der Waals surface area (Å²) in [5.41, 5.74) is 6.98. The summed E-state index contributed by atoms with van der Waals surface area (Å²) < 4.78 is 14.8. The van der Waals surface area contributed by atoms with Gasteiger partial charge in [0.05, 0.1) is 6.04 Å². The summed E-state index contributed by atoms with van der Waals surface area (Å²) in [6, 6.07) is 11.8. The Kier molecular flexibility index (Phi) is 4.80. The van der Waals surface area contributed by atoms with Gasteiger partial charge in [0.25, 0.3) is 0 Å². The van der Waals surface area contributed by atoms with Crippen LogP contribution in [0.15, 0.2) is 46.9 Å². The zero-order valence-corrected chi connectivity index (χ0v) is 12.4. The molecule has 2 aromatic rings. The van der Waals surface area contributed by atoms with Crippen molar-refractivity contribution >= 4 is 33.2 Å². The van der Waals surface area contributed by atoms with Gasteiger partial charge in [0.15, 0.2) is 0 Å². The van der Waals surface area contributed by atoms with Crippen LogP contribution in [0.5, 0.6) is 0 Å². The lowest BCUT2D eigenvalue weighted by Gasteiger charge is -2.20. The number of anilines is 1. The van der Waals surface area contributed by atoms with Gasteiger partial charge in [-0.1, -0.05) is 33.6 Å². The maximum atomic E-state index is 13.9. The molecule has 1 unspecified atom stereocenters. The smallest absolute Gasteiger partial charge is 0.130 e. The standard InChI is InChI=1S/C14H13BrClFN2/c15-9-4-6-10(7-5-9)19-13(8-18)14-11(16)2-1-3-12(14)17/h1-7,13,19H,8,18H2. The van der Waals surface area contributed by atoms with Gasteiger partial charge in [-0.15, -0.1) is 0 Å². The Labute approximate surface area is 124 Å². The number of nitrogens with one attached hydrogen (secondary N) is 1. The third kappa shape index (κ3) is 3.47. The molecule has 0 radical (unpaired) electrons. The highest BCUT2D eigenvalue weighted by molar-refractivity contribution is 9.10. The second kappa shape index (κ2) is 6.37. The monoisotopic (exact) mass is 342 g/mol. The van der Waals surface area contributed by atoms with E-state index in [4.69, 9.17) is 17.3 Å². The Bertz CT molecular complexity index is 540. The molecule has 0 saturated heterocycles. The van der Waals surface area contributed by atoms with E-state index in [0.717, 1.165) is 10.2 Å². The van der Waals surface area contributed by atoms with Crippen LogP contribution in [0.2, 0.25) is 5.02 Å². The van der Waals surface area contributed by atoms with Crippen LogP contribution in [0.1, 0.15) is 11.6 Å². The first kappa shape index (κ1) is 14.3. The number of hydrogen-bond acceptors (Lipinski definition) is 2. The first-order valence-electron chi connectivity index (χ1n) is 5.78. The minimum absolute atomic E-state index is 0.247. The average molecular weight is 344 g/mol. The number of rotatable bonds is 4. The van der Waals surface area contributed by atoms with Gasteiger partial charge in [-0.2, -0.15) is 0 Å². The number of benzene rings is 2. The van der Waals surface area contributed by atoms with Crippen molar-refractivity contribution in [1.29, 1.82) is 0 Å². The van der Waals surface area contributed by atoms with Gasteiger partial charge in [-0.05, 0) is 36.4 Å². The molecule has 100 valence electrons. The van der Waals surface area contributed by atoms with E-state index >= 15 is 0 Å². The van der Waals surface area contributed by atoms with Gasteiger partial charge in [0.1, 0.15) is 5.82 Å². The summed E-state index contributed by atoms with van der Waals surface area (Å²) in [6.07, 6.45) is 0. The predicted octanol–water partition coefficient (Wildman–Crippen LogP) is 4.35. The Hall–Kier alpha value is -1.10. The summed E-state index contributed by atoms with van der Waals surface area (Å²) in [7, 11) is 0. The van der Waals surface area contributed by atoms with Crippen LogP contribution in [0.25, 0.3) is 0 Å². The van der Waals surface area contributed by atoms with Crippen LogP contribution in [0, 0.1) is 5.82 Å². The highest BCUT2D eigenvalue weighted by Crippen LogP contribution is 2.28. The molecule has 0 aliphatic carbocycles. The first-order valence-corrected chi connectivity index (χ1v) is 6.95. The molecule has 0 saturated carbocycles. The molecule has 0 aromatic heterocycles. The van der Waals surface area contributed by atoms with Crippen LogP contribution in [-0.2, 0) is 0 Å². The van der Waals surface area contributed by atoms with Crippen molar-refractivity contribution < 1.29 is 4.39 Å². The van der Waals surface area contributed by atoms with Gasteiger partial charge in [0.2, 0.25) is 0 Å². The topological polar surface area (TPSA) is 38.0 Å². The predicted molar refractivity (Wildman–Crippen MR) is 81.0 cm³/mol. The van der Waals surface area contributed by atoms with Crippen LogP contribution in [0.3, 0.4) is 0 Å². The summed E-state index contributed by atoms with van der Waals surface area (Å²) in [5, 5.41) is 3.56.